The first-order valence-corrected chi connectivity index (χ1v) is 10.4. The van der Waals surface area contributed by atoms with Gasteiger partial charge in [0.25, 0.3) is 5.91 Å². The normalized spacial score (nSPS) is 17.1. The van der Waals surface area contributed by atoms with E-state index in [0.717, 1.165) is 25.7 Å². The Hall–Kier alpha value is -1.93. The van der Waals surface area contributed by atoms with Crippen LogP contribution in [0.5, 0.6) is 0 Å². The van der Waals surface area contributed by atoms with E-state index in [9.17, 15) is 18.0 Å². The molecule has 144 valence electrons. The average molecular weight is 382 g/mol. The van der Waals surface area contributed by atoms with E-state index in [4.69, 9.17) is 4.74 Å². The van der Waals surface area contributed by atoms with Crippen LogP contribution >= 0.6 is 0 Å². The number of carbonyl (C=O) groups excluding carboxylic acids is 2. The molecule has 1 saturated carbocycles. The minimum absolute atomic E-state index is 0.0620. The second kappa shape index (κ2) is 9.68. The summed E-state index contributed by atoms with van der Waals surface area (Å²) in [7, 11) is -3.79. The van der Waals surface area contributed by atoms with Crippen LogP contribution in [-0.4, -0.2) is 39.0 Å². The summed E-state index contributed by atoms with van der Waals surface area (Å²) < 4.78 is 31.3. The van der Waals surface area contributed by atoms with Crippen molar-refractivity contribution >= 4 is 21.9 Å². The van der Waals surface area contributed by atoms with Gasteiger partial charge in [-0.3, -0.25) is 9.59 Å². The molecule has 2 rings (SSSR count). The van der Waals surface area contributed by atoms with Crippen molar-refractivity contribution in [2.24, 2.45) is 0 Å². The van der Waals surface area contributed by atoms with Crippen molar-refractivity contribution in [3.63, 3.8) is 0 Å². The molecule has 7 nitrogen and oxygen atoms in total. The van der Waals surface area contributed by atoms with Crippen LogP contribution in [0.4, 0.5) is 0 Å². The average Bonchev–Trinajstić information content (AvgIpc) is 2.89. The van der Waals surface area contributed by atoms with Gasteiger partial charge in [0.05, 0.1) is 4.90 Å². The fourth-order valence-corrected chi connectivity index (χ4v) is 3.86. The van der Waals surface area contributed by atoms with Gasteiger partial charge in [0.1, 0.15) is 6.54 Å². The zero-order valence-corrected chi connectivity index (χ0v) is 15.8. The molecule has 26 heavy (non-hydrogen) atoms. The molecule has 2 N–H and O–H groups in total. The van der Waals surface area contributed by atoms with E-state index < -0.39 is 28.6 Å². The molecule has 0 aliphatic heterocycles. The van der Waals surface area contributed by atoms with Gasteiger partial charge >= 0.3 is 5.97 Å². The maximum atomic E-state index is 12.2. The Morgan fingerprint density at radius 1 is 1.12 bits per heavy atom. The highest BCUT2D eigenvalue weighted by Gasteiger charge is 2.23. The largest absolute Gasteiger partial charge is 0.452 e. The molecule has 0 radical (unpaired) electrons. The van der Waals surface area contributed by atoms with E-state index >= 15 is 0 Å². The molecule has 0 heterocycles. The first-order chi connectivity index (χ1) is 12.4. The molecule has 1 fully saturated rings. The van der Waals surface area contributed by atoms with Crippen molar-refractivity contribution in [3.8, 4) is 0 Å². The number of hydrogen-bond donors (Lipinski definition) is 2. The van der Waals surface area contributed by atoms with Crippen molar-refractivity contribution in [1.82, 2.24) is 10.0 Å². The van der Waals surface area contributed by atoms with Gasteiger partial charge in [0.15, 0.2) is 6.10 Å². The van der Waals surface area contributed by atoms with Crippen molar-refractivity contribution in [1.29, 1.82) is 0 Å². The summed E-state index contributed by atoms with van der Waals surface area (Å²) in [6.07, 6.45) is 5.43. The number of rotatable bonds is 7. The minimum atomic E-state index is -3.79. The fourth-order valence-electron chi connectivity index (χ4n) is 2.87. The molecule has 1 aromatic rings. The second-order valence-corrected chi connectivity index (χ2v) is 8.23. The Balaban J connectivity index is 1.78. The van der Waals surface area contributed by atoms with Crippen LogP contribution < -0.4 is 10.0 Å². The molecule has 1 aromatic carbocycles. The van der Waals surface area contributed by atoms with Crippen LogP contribution in [0.1, 0.15) is 45.4 Å². The molecule has 0 saturated heterocycles. The summed E-state index contributed by atoms with van der Waals surface area (Å²) in [5, 5.41) is 2.91. The summed E-state index contributed by atoms with van der Waals surface area (Å²) in [5.41, 5.74) is 0. The summed E-state index contributed by atoms with van der Waals surface area (Å²) in [4.78, 5) is 24.1. The first kappa shape index (κ1) is 20.4. The van der Waals surface area contributed by atoms with E-state index in [1.54, 1.807) is 18.2 Å². The third kappa shape index (κ3) is 6.42. The van der Waals surface area contributed by atoms with Crippen molar-refractivity contribution in [2.45, 2.75) is 62.5 Å². The Bertz CT molecular complexity index is 698. The van der Waals surface area contributed by atoms with Crippen LogP contribution in [0, 0.1) is 0 Å². The van der Waals surface area contributed by atoms with Gasteiger partial charge in [0.2, 0.25) is 10.0 Å². The topological polar surface area (TPSA) is 102 Å². The number of benzene rings is 1. The highest BCUT2D eigenvalue weighted by molar-refractivity contribution is 7.89. The molecule has 1 aliphatic rings. The van der Waals surface area contributed by atoms with Gasteiger partial charge in [-0.05, 0) is 31.9 Å². The van der Waals surface area contributed by atoms with Gasteiger partial charge in [-0.15, -0.1) is 0 Å². The van der Waals surface area contributed by atoms with E-state index in [1.165, 1.54) is 31.9 Å². The maximum absolute atomic E-state index is 12.2. The Morgan fingerprint density at radius 3 is 2.35 bits per heavy atom. The number of ether oxygens (including phenoxy) is 1. The van der Waals surface area contributed by atoms with E-state index in [1.807, 2.05) is 0 Å². The zero-order valence-electron chi connectivity index (χ0n) is 14.9. The molecule has 1 aliphatic carbocycles. The third-order valence-corrected chi connectivity index (χ3v) is 5.76. The molecule has 0 aromatic heterocycles. The van der Waals surface area contributed by atoms with Crippen LogP contribution in [0.3, 0.4) is 0 Å². The quantitative estimate of drug-likeness (QED) is 0.552. The van der Waals surface area contributed by atoms with Gasteiger partial charge in [0, 0.05) is 6.04 Å². The highest BCUT2D eigenvalue weighted by Crippen LogP contribution is 2.17. The number of sulfonamides is 1. The SMILES string of the molecule is C[C@@H](OC(=O)CNS(=O)(=O)c1ccccc1)C(=O)NC1CCCCCC1. The lowest BCUT2D eigenvalue weighted by Gasteiger charge is -2.19. The van der Waals surface area contributed by atoms with Crippen LogP contribution in [-0.2, 0) is 24.3 Å². The predicted octanol–water partition coefficient (Wildman–Crippen LogP) is 1.74. The smallest absolute Gasteiger partial charge is 0.321 e. The summed E-state index contributed by atoms with van der Waals surface area (Å²) >= 11 is 0. The molecule has 1 amide bonds. The van der Waals surface area contributed by atoms with Gasteiger partial charge in [-0.25, -0.2) is 8.42 Å². The Morgan fingerprint density at radius 2 is 1.73 bits per heavy atom. The highest BCUT2D eigenvalue weighted by atomic mass is 32.2. The number of carbonyl (C=O) groups is 2. The van der Waals surface area contributed by atoms with Gasteiger partial charge in [-0.2, -0.15) is 4.72 Å². The Labute approximate surface area is 154 Å². The van der Waals surface area contributed by atoms with E-state index in [2.05, 4.69) is 10.0 Å². The number of amides is 1. The predicted molar refractivity (Wildman–Crippen MR) is 96.8 cm³/mol. The van der Waals surface area contributed by atoms with Gasteiger partial charge < -0.3 is 10.1 Å². The number of esters is 1. The molecule has 0 spiro atoms. The minimum Gasteiger partial charge on any atom is -0.452 e. The van der Waals surface area contributed by atoms with Crippen LogP contribution in [0.25, 0.3) is 0 Å². The van der Waals surface area contributed by atoms with Gasteiger partial charge in [-0.1, -0.05) is 43.9 Å². The van der Waals surface area contributed by atoms with Crippen molar-refractivity contribution < 1.29 is 22.7 Å². The third-order valence-electron chi connectivity index (χ3n) is 4.34. The zero-order chi connectivity index (χ0) is 19.0. The fraction of sp³-hybridized carbons (Fsp3) is 0.556. The molecular weight excluding hydrogens is 356 g/mol. The lowest BCUT2D eigenvalue weighted by Crippen LogP contribution is -2.43. The Kier molecular flexibility index (Phi) is 7.59. The molecule has 0 unspecified atom stereocenters. The number of hydrogen-bond acceptors (Lipinski definition) is 5. The molecule has 0 bridgehead atoms. The van der Waals surface area contributed by atoms with Crippen molar-refractivity contribution in [2.75, 3.05) is 6.54 Å². The lowest BCUT2D eigenvalue weighted by atomic mass is 10.1. The monoisotopic (exact) mass is 382 g/mol. The maximum Gasteiger partial charge on any atom is 0.321 e. The van der Waals surface area contributed by atoms with E-state index in [-0.39, 0.29) is 16.8 Å². The molecule has 8 heteroatoms. The summed E-state index contributed by atoms with van der Waals surface area (Å²) in [5.74, 6) is -1.15. The standard InChI is InChI=1S/C18H26N2O5S/c1-14(18(22)20-15-9-5-2-3-6-10-15)25-17(21)13-19-26(23,24)16-11-7-4-8-12-16/h4,7-8,11-12,14-15,19H,2-3,5-6,9-10,13H2,1H3,(H,20,22)/t14-/m1/s1. The number of nitrogens with one attached hydrogen (secondary N) is 2. The van der Waals surface area contributed by atoms with Crippen molar-refractivity contribution in [3.05, 3.63) is 30.3 Å². The second-order valence-electron chi connectivity index (χ2n) is 6.47. The van der Waals surface area contributed by atoms with E-state index in [0.29, 0.717) is 0 Å². The summed E-state index contributed by atoms with van der Waals surface area (Å²) in [6, 6.07) is 7.84. The van der Waals surface area contributed by atoms with Crippen LogP contribution in [0.2, 0.25) is 0 Å². The lowest BCUT2D eigenvalue weighted by molar-refractivity contribution is -0.153. The first-order valence-electron chi connectivity index (χ1n) is 8.93. The molecule has 1 atom stereocenters. The summed E-state index contributed by atoms with van der Waals surface area (Å²) in [6.45, 7) is 0.952. The molecular formula is C18H26N2O5S. The van der Waals surface area contributed by atoms with Crippen LogP contribution in [0.15, 0.2) is 35.2 Å².